The lowest BCUT2D eigenvalue weighted by atomic mass is 10.0. The van der Waals surface area contributed by atoms with Gasteiger partial charge in [0.1, 0.15) is 23.7 Å². The highest BCUT2D eigenvalue weighted by molar-refractivity contribution is 14.1. The van der Waals surface area contributed by atoms with Crippen molar-refractivity contribution in [2.24, 2.45) is 0 Å². The molecule has 2 aliphatic rings. The summed E-state index contributed by atoms with van der Waals surface area (Å²) in [7, 11) is 0. The molecule has 0 aliphatic carbocycles. The molecule has 3 rings (SSSR count). The topological polar surface area (TPSA) is 113 Å². The summed E-state index contributed by atoms with van der Waals surface area (Å²) in [6.07, 6.45) is 0.161. The number of nitrogens with zero attached hydrogens (tertiary/aromatic N) is 1. The Morgan fingerprint density at radius 3 is 2.81 bits per heavy atom. The summed E-state index contributed by atoms with van der Waals surface area (Å²) >= 11 is 4.71. The maximum absolute atomic E-state index is 12.5. The number of aliphatic carboxylic acids is 1. The highest BCUT2D eigenvalue weighted by atomic mass is 127. The van der Waals surface area contributed by atoms with Gasteiger partial charge in [0.2, 0.25) is 5.91 Å². The van der Waals surface area contributed by atoms with Gasteiger partial charge in [-0.15, -0.1) is 23.1 Å². The molecule has 1 saturated heterocycles. The molecule has 8 nitrogen and oxygen atoms in total. The average molecular weight is 522 g/mol. The summed E-state index contributed by atoms with van der Waals surface area (Å²) in [5.41, 5.74) is -0.392. The summed E-state index contributed by atoms with van der Waals surface area (Å²) in [5.74, 6) is -2.83. The Bertz CT molecular complexity index is 810. The van der Waals surface area contributed by atoms with Crippen molar-refractivity contribution in [1.82, 2.24) is 10.2 Å². The van der Waals surface area contributed by atoms with Gasteiger partial charge in [0.05, 0.1) is 12.0 Å². The molecular weight excluding hydrogens is 507 g/mol. The van der Waals surface area contributed by atoms with E-state index >= 15 is 0 Å². The number of fused-ring (bicyclic) bond motifs is 1. The van der Waals surface area contributed by atoms with Gasteiger partial charge in [-0.2, -0.15) is 0 Å². The van der Waals surface area contributed by atoms with Crippen molar-refractivity contribution in [2.45, 2.75) is 17.8 Å². The average Bonchev–Trinajstić information content (AvgIpc) is 3.15. The maximum Gasteiger partial charge on any atom is 0.353 e. The van der Waals surface area contributed by atoms with Gasteiger partial charge in [0.15, 0.2) is 0 Å². The van der Waals surface area contributed by atoms with E-state index in [0.29, 0.717) is 4.43 Å². The van der Waals surface area contributed by atoms with Crippen LogP contribution in [0, 0.1) is 0 Å². The minimum absolute atomic E-state index is 0.0367. The predicted octanol–water partition coefficient (Wildman–Crippen LogP) is 1.01. The summed E-state index contributed by atoms with van der Waals surface area (Å²) in [4.78, 5) is 50.4. The Labute approximate surface area is 176 Å². The molecule has 0 aromatic carbocycles. The number of hydrogen-bond acceptors (Lipinski definition) is 7. The summed E-state index contributed by atoms with van der Waals surface area (Å²) in [5, 5.41) is 13.5. The molecule has 2 amide bonds. The van der Waals surface area contributed by atoms with Crippen LogP contribution >= 0.6 is 45.7 Å². The first-order valence-electron chi connectivity index (χ1n) is 7.90. The second-order valence-electron chi connectivity index (χ2n) is 5.67. The van der Waals surface area contributed by atoms with E-state index < -0.39 is 29.3 Å². The van der Waals surface area contributed by atoms with Crippen LogP contribution in [-0.4, -0.2) is 62.0 Å². The van der Waals surface area contributed by atoms with E-state index in [0.717, 1.165) is 9.78 Å². The van der Waals surface area contributed by atoms with Crippen molar-refractivity contribution in [3.05, 3.63) is 33.7 Å². The molecule has 1 fully saturated rings. The molecule has 2 atom stereocenters. The van der Waals surface area contributed by atoms with Crippen LogP contribution in [0.5, 0.6) is 0 Å². The molecule has 0 radical (unpaired) electrons. The Balaban J connectivity index is 1.72. The number of β-lactam (4-membered cyclic amide) rings is 1. The highest BCUT2D eigenvalue weighted by Gasteiger charge is 2.55. The molecule has 11 heteroatoms. The van der Waals surface area contributed by atoms with Crippen molar-refractivity contribution in [2.75, 3.05) is 16.8 Å². The standard InChI is InChI=1S/C16H15IN2O6S2/c17-3-4-25-16(24)9-7-27-14-11(13(21)19(14)12(9)15(22)23)18-10(20)6-8-2-1-5-26-8/h1-2,5,11,14H,3-4,6-7H2,(H,18,20)(H,22,23)/t11?,14-/m1/s1. The number of thioether (sulfide) groups is 1. The zero-order chi connectivity index (χ0) is 19.6. The normalized spacial score (nSPS) is 21.4. The maximum atomic E-state index is 12.5. The minimum atomic E-state index is -1.36. The number of carbonyl (C=O) groups is 4. The second kappa shape index (κ2) is 8.61. The lowest BCUT2D eigenvalue weighted by molar-refractivity contribution is -0.151. The number of esters is 1. The van der Waals surface area contributed by atoms with Crippen molar-refractivity contribution in [3.63, 3.8) is 0 Å². The number of thiophene rings is 1. The molecule has 3 heterocycles. The van der Waals surface area contributed by atoms with Crippen molar-refractivity contribution in [1.29, 1.82) is 0 Å². The van der Waals surface area contributed by atoms with E-state index in [2.05, 4.69) is 5.32 Å². The van der Waals surface area contributed by atoms with Crippen LogP contribution in [0.3, 0.4) is 0 Å². The zero-order valence-corrected chi connectivity index (χ0v) is 17.6. The molecule has 2 aliphatic heterocycles. The van der Waals surface area contributed by atoms with E-state index in [1.54, 1.807) is 0 Å². The predicted molar refractivity (Wildman–Crippen MR) is 108 cm³/mol. The highest BCUT2D eigenvalue weighted by Crippen LogP contribution is 2.40. The molecule has 0 spiro atoms. The third-order valence-electron chi connectivity index (χ3n) is 3.96. The van der Waals surface area contributed by atoms with Gasteiger partial charge in [-0.25, -0.2) is 9.59 Å². The molecule has 27 heavy (non-hydrogen) atoms. The van der Waals surface area contributed by atoms with Crippen LogP contribution in [0.15, 0.2) is 28.8 Å². The Morgan fingerprint density at radius 2 is 2.19 bits per heavy atom. The number of carboxylic acid groups (broad SMARTS) is 1. The minimum Gasteiger partial charge on any atom is -0.477 e. The Kier molecular flexibility index (Phi) is 6.42. The first-order chi connectivity index (χ1) is 12.9. The van der Waals surface area contributed by atoms with Crippen LogP contribution in [0.25, 0.3) is 0 Å². The molecule has 1 aromatic rings. The lowest BCUT2D eigenvalue weighted by Crippen LogP contribution is -2.70. The number of ether oxygens (including phenoxy) is 1. The SMILES string of the molecule is O=C(Cc1cccs1)NC1C(=O)N2C(C(=O)O)=C(C(=O)OCCI)CS[C@H]12. The van der Waals surface area contributed by atoms with Crippen molar-refractivity contribution >= 4 is 69.4 Å². The smallest absolute Gasteiger partial charge is 0.353 e. The number of amides is 2. The van der Waals surface area contributed by atoms with Crippen LogP contribution < -0.4 is 5.32 Å². The number of carboxylic acids is 1. The number of rotatable bonds is 7. The van der Waals surface area contributed by atoms with Crippen LogP contribution in [0.1, 0.15) is 4.88 Å². The summed E-state index contributed by atoms with van der Waals surface area (Å²) in [6, 6.07) is 2.86. The second-order valence-corrected chi connectivity index (χ2v) is 8.88. The fraction of sp³-hybridized carbons (Fsp3) is 0.375. The van der Waals surface area contributed by atoms with E-state index in [1.807, 2.05) is 40.1 Å². The summed E-state index contributed by atoms with van der Waals surface area (Å²) in [6.45, 7) is 0.166. The first kappa shape index (κ1) is 20.1. The molecule has 0 saturated carbocycles. The molecular formula is C16H15IN2O6S2. The number of alkyl halides is 1. The van der Waals surface area contributed by atoms with Gasteiger partial charge < -0.3 is 15.2 Å². The summed E-state index contributed by atoms with van der Waals surface area (Å²) < 4.78 is 5.60. The number of hydrogen-bond donors (Lipinski definition) is 2. The van der Waals surface area contributed by atoms with E-state index in [-0.39, 0.29) is 36.0 Å². The third kappa shape index (κ3) is 4.14. The van der Waals surface area contributed by atoms with Gasteiger partial charge in [-0.1, -0.05) is 28.7 Å². The third-order valence-corrected chi connectivity index (χ3v) is 6.56. The van der Waals surface area contributed by atoms with E-state index in [1.165, 1.54) is 23.1 Å². The lowest BCUT2D eigenvalue weighted by Gasteiger charge is -2.49. The van der Waals surface area contributed by atoms with Gasteiger partial charge >= 0.3 is 11.9 Å². The van der Waals surface area contributed by atoms with E-state index in [9.17, 15) is 24.3 Å². The fourth-order valence-electron chi connectivity index (χ4n) is 2.79. The quantitative estimate of drug-likeness (QED) is 0.238. The van der Waals surface area contributed by atoms with Crippen LogP contribution in [0.4, 0.5) is 0 Å². The fourth-order valence-corrected chi connectivity index (χ4v) is 5.04. The molecule has 0 bridgehead atoms. The monoisotopic (exact) mass is 522 g/mol. The van der Waals surface area contributed by atoms with Crippen molar-refractivity contribution < 1.29 is 29.0 Å². The number of carbonyl (C=O) groups excluding carboxylic acids is 3. The van der Waals surface area contributed by atoms with Gasteiger partial charge in [-0.3, -0.25) is 14.5 Å². The molecule has 144 valence electrons. The zero-order valence-electron chi connectivity index (χ0n) is 13.8. The Morgan fingerprint density at radius 1 is 1.41 bits per heavy atom. The van der Waals surface area contributed by atoms with E-state index in [4.69, 9.17) is 4.74 Å². The molecule has 1 aromatic heterocycles. The Hall–Kier alpha value is -1.60. The first-order valence-corrected chi connectivity index (χ1v) is 11.4. The van der Waals surface area contributed by atoms with Crippen LogP contribution in [-0.2, 0) is 30.3 Å². The number of halogens is 1. The molecule has 1 unspecified atom stereocenters. The largest absolute Gasteiger partial charge is 0.477 e. The van der Waals surface area contributed by atoms with Gasteiger partial charge in [0, 0.05) is 15.1 Å². The number of nitrogens with one attached hydrogen (secondary N) is 1. The van der Waals surface area contributed by atoms with Gasteiger partial charge in [-0.05, 0) is 11.4 Å². The van der Waals surface area contributed by atoms with Crippen molar-refractivity contribution in [3.8, 4) is 0 Å². The van der Waals surface area contributed by atoms with Crippen LogP contribution in [0.2, 0.25) is 0 Å². The molecule has 2 N–H and O–H groups in total. The van der Waals surface area contributed by atoms with Gasteiger partial charge in [0.25, 0.3) is 5.91 Å².